The van der Waals surface area contributed by atoms with Gasteiger partial charge in [0.15, 0.2) is 0 Å². The van der Waals surface area contributed by atoms with Gasteiger partial charge in [0.05, 0.1) is 18.2 Å². The first-order chi connectivity index (χ1) is 12.1. The Bertz CT molecular complexity index is 699. The fourth-order valence-corrected chi connectivity index (χ4v) is 3.71. The number of carbonyl (C=O) groups is 2. The van der Waals surface area contributed by atoms with Crippen molar-refractivity contribution < 1.29 is 14.3 Å². The van der Waals surface area contributed by atoms with E-state index in [1.54, 1.807) is 6.92 Å². The summed E-state index contributed by atoms with van der Waals surface area (Å²) in [6.07, 6.45) is 2.28. The van der Waals surface area contributed by atoms with E-state index in [4.69, 9.17) is 4.74 Å². The van der Waals surface area contributed by atoms with Gasteiger partial charge in [0, 0.05) is 16.7 Å². The van der Waals surface area contributed by atoms with Gasteiger partial charge in [0.2, 0.25) is 0 Å². The summed E-state index contributed by atoms with van der Waals surface area (Å²) in [6.45, 7) is 4.57. The molecule has 0 unspecified atom stereocenters. The summed E-state index contributed by atoms with van der Waals surface area (Å²) in [6, 6.07) is 6.77. The van der Waals surface area contributed by atoms with E-state index in [2.05, 4.69) is 31.5 Å². The van der Waals surface area contributed by atoms with Crippen LogP contribution >= 0.6 is 15.9 Å². The summed E-state index contributed by atoms with van der Waals surface area (Å²) < 4.78 is 6.17. The first kappa shape index (κ1) is 17.9. The van der Waals surface area contributed by atoms with Gasteiger partial charge in [-0.3, -0.25) is 4.90 Å². The molecule has 6 nitrogen and oxygen atoms in total. The number of hydrogen-bond acceptors (Lipinski definition) is 4. The van der Waals surface area contributed by atoms with Crippen LogP contribution in [-0.2, 0) is 9.53 Å². The van der Waals surface area contributed by atoms with Gasteiger partial charge in [-0.2, -0.15) is 0 Å². The van der Waals surface area contributed by atoms with Crippen molar-refractivity contribution in [1.82, 2.24) is 15.5 Å². The molecule has 1 fully saturated rings. The summed E-state index contributed by atoms with van der Waals surface area (Å²) in [7, 11) is 0. The molecule has 2 aliphatic heterocycles. The van der Waals surface area contributed by atoms with E-state index in [0.29, 0.717) is 24.4 Å². The highest BCUT2D eigenvalue weighted by Crippen LogP contribution is 2.30. The van der Waals surface area contributed by atoms with Crippen molar-refractivity contribution >= 4 is 27.9 Å². The lowest BCUT2D eigenvalue weighted by Gasteiger charge is -2.31. The normalized spacial score (nSPS) is 21.0. The second-order valence-electron chi connectivity index (χ2n) is 6.18. The molecule has 1 saturated heterocycles. The first-order valence-corrected chi connectivity index (χ1v) is 9.33. The van der Waals surface area contributed by atoms with Gasteiger partial charge in [-0.1, -0.05) is 28.1 Å². The molecule has 0 spiro atoms. The van der Waals surface area contributed by atoms with E-state index in [1.807, 2.05) is 24.3 Å². The van der Waals surface area contributed by atoms with Crippen molar-refractivity contribution in [2.75, 3.05) is 26.2 Å². The van der Waals surface area contributed by atoms with Gasteiger partial charge < -0.3 is 15.4 Å². The Balaban J connectivity index is 2.00. The summed E-state index contributed by atoms with van der Waals surface area (Å²) in [5.41, 5.74) is 1.95. The number of nitrogens with one attached hydrogen (secondary N) is 2. The zero-order chi connectivity index (χ0) is 17.8. The fraction of sp³-hybridized carbons (Fsp3) is 0.444. The molecule has 1 aromatic rings. The van der Waals surface area contributed by atoms with E-state index >= 15 is 0 Å². The third-order valence-corrected chi connectivity index (χ3v) is 4.90. The van der Waals surface area contributed by atoms with Crippen molar-refractivity contribution in [2.45, 2.75) is 25.8 Å². The Hall–Kier alpha value is -1.86. The summed E-state index contributed by atoms with van der Waals surface area (Å²) in [5, 5.41) is 5.68. The minimum atomic E-state index is -0.525. The molecule has 0 radical (unpaired) electrons. The molecule has 0 aliphatic carbocycles. The number of esters is 1. The number of ether oxygens (including phenoxy) is 1. The lowest BCUT2D eigenvalue weighted by molar-refractivity contribution is -0.139. The average Bonchev–Trinajstić information content (AvgIpc) is 3.07. The molecule has 0 bridgehead atoms. The molecule has 134 valence electrons. The number of hydrogen-bond donors (Lipinski definition) is 2. The fourth-order valence-electron chi connectivity index (χ4n) is 3.29. The van der Waals surface area contributed by atoms with Crippen molar-refractivity contribution in [1.29, 1.82) is 0 Å². The summed E-state index contributed by atoms with van der Waals surface area (Å²) in [5.74, 6) is -0.394. The van der Waals surface area contributed by atoms with Gasteiger partial charge >= 0.3 is 12.0 Å². The second-order valence-corrected chi connectivity index (χ2v) is 7.10. The number of benzene rings is 1. The minimum absolute atomic E-state index is 0.290. The predicted octanol–water partition coefficient (Wildman–Crippen LogP) is 2.72. The number of nitrogens with zero attached hydrogens (tertiary/aromatic N) is 1. The van der Waals surface area contributed by atoms with Gasteiger partial charge in [-0.05, 0) is 50.6 Å². The largest absolute Gasteiger partial charge is 0.463 e. The number of halogens is 1. The molecule has 0 saturated carbocycles. The molecule has 25 heavy (non-hydrogen) atoms. The molecule has 3 rings (SSSR count). The smallest absolute Gasteiger partial charge is 0.338 e. The molecule has 1 atom stereocenters. The van der Waals surface area contributed by atoms with Crippen LogP contribution in [-0.4, -0.2) is 43.1 Å². The Morgan fingerprint density at radius 1 is 1.36 bits per heavy atom. The van der Waals surface area contributed by atoms with Crippen molar-refractivity contribution in [3.63, 3.8) is 0 Å². The van der Waals surface area contributed by atoms with Crippen LogP contribution in [0.2, 0.25) is 0 Å². The molecule has 0 aromatic heterocycles. The van der Waals surface area contributed by atoms with Gasteiger partial charge in [-0.25, -0.2) is 9.59 Å². The SMILES string of the molecule is CCOC(=O)C1=C(CN2CCCC2)NC(=O)N[C@H]1c1cccc(Br)c1. The molecule has 7 heteroatoms. The molecule has 2 N–H and O–H groups in total. The highest BCUT2D eigenvalue weighted by Gasteiger charge is 2.34. The van der Waals surface area contributed by atoms with E-state index in [9.17, 15) is 9.59 Å². The van der Waals surface area contributed by atoms with Crippen LogP contribution in [0.3, 0.4) is 0 Å². The van der Waals surface area contributed by atoms with Crippen LogP contribution in [0, 0.1) is 0 Å². The second kappa shape index (κ2) is 8.01. The zero-order valence-electron chi connectivity index (χ0n) is 14.2. The standard InChI is InChI=1S/C18H22BrN3O3/c1-2-25-17(23)15-14(11-22-8-3-4-9-22)20-18(24)21-16(15)12-6-5-7-13(19)10-12/h5-7,10,16H,2-4,8-9,11H2,1H3,(H2,20,21,24)/t16-/m0/s1. The summed E-state index contributed by atoms with van der Waals surface area (Å²) in [4.78, 5) is 27.1. The third kappa shape index (κ3) is 4.22. The maximum atomic E-state index is 12.7. The quantitative estimate of drug-likeness (QED) is 0.736. The topological polar surface area (TPSA) is 70.7 Å². The average molecular weight is 408 g/mol. The van der Waals surface area contributed by atoms with Gasteiger partial charge in [0.1, 0.15) is 0 Å². The van der Waals surface area contributed by atoms with Crippen LogP contribution in [0.1, 0.15) is 31.4 Å². The lowest BCUT2D eigenvalue weighted by atomic mass is 9.95. The first-order valence-electron chi connectivity index (χ1n) is 8.54. The molecule has 1 aromatic carbocycles. The molecule has 2 heterocycles. The Labute approximate surface area is 155 Å². The van der Waals surface area contributed by atoms with Crippen molar-refractivity contribution in [3.05, 3.63) is 45.6 Å². The predicted molar refractivity (Wildman–Crippen MR) is 97.9 cm³/mol. The minimum Gasteiger partial charge on any atom is -0.463 e. The zero-order valence-corrected chi connectivity index (χ0v) is 15.8. The van der Waals surface area contributed by atoms with E-state index < -0.39 is 12.0 Å². The lowest BCUT2D eigenvalue weighted by Crippen LogP contribution is -2.48. The third-order valence-electron chi connectivity index (χ3n) is 4.41. The number of rotatable bonds is 5. The van der Waals surface area contributed by atoms with E-state index in [0.717, 1.165) is 36.0 Å². The highest BCUT2D eigenvalue weighted by atomic mass is 79.9. The maximum Gasteiger partial charge on any atom is 0.338 e. The molecular formula is C18H22BrN3O3. The Kier molecular flexibility index (Phi) is 5.75. The maximum absolute atomic E-state index is 12.7. The van der Waals surface area contributed by atoms with Crippen LogP contribution in [0.5, 0.6) is 0 Å². The molecule has 2 aliphatic rings. The molecule has 2 amide bonds. The van der Waals surface area contributed by atoms with E-state index in [-0.39, 0.29) is 6.03 Å². The van der Waals surface area contributed by atoms with E-state index in [1.165, 1.54) is 0 Å². The number of amides is 2. The Morgan fingerprint density at radius 2 is 2.12 bits per heavy atom. The van der Waals surface area contributed by atoms with Crippen LogP contribution < -0.4 is 10.6 Å². The Morgan fingerprint density at radius 3 is 2.80 bits per heavy atom. The van der Waals surface area contributed by atoms with Gasteiger partial charge in [0.25, 0.3) is 0 Å². The highest BCUT2D eigenvalue weighted by molar-refractivity contribution is 9.10. The number of urea groups is 1. The number of carbonyl (C=O) groups excluding carboxylic acids is 2. The van der Waals surface area contributed by atoms with Crippen LogP contribution in [0.4, 0.5) is 4.79 Å². The van der Waals surface area contributed by atoms with Crippen LogP contribution in [0.15, 0.2) is 40.0 Å². The van der Waals surface area contributed by atoms with Crippen molar-refractivity contribution in [2.24, 2.45) is 0 Å². The van der Waals surface area contributed by atoms with Gasteiger partial charge in [-0.15, -0.1) is 0 Å². The van der Waals surface area contributed by atoms with Crippen LogP contribution in [0.25, 0.3) is 0 Å². The molecular weight excluding hydrogens is 386 g/mol. The van der Waals surface area contributed by atoms with Crippen molar-refractivity contribution in [3.8, 4) is 0 Å². The number of likely N-dealkylation sites (tertiary alicyclic amines) is 1. The summed E-state index contributed by atoms with van der Waals surface area (Å²) >= 11 is 3.45. The monoisotopic (exact) mass is 407 g/mol.